The van der Waals surface area contributed by atoms with Crippen molar-refractivity contribution in [1.82, 2.24) is 29.9 Å². The van der Waals surface area contributed by atoms with E-state index in [0.29, 0.717) is 51.6 Å². The number of carbonyl (C=O) groups is 3. The molecule has 3 saturated heterocycles. The second-order valence-corrected chi connectivity index (χ2v) is 13.9. The molecule has 3 fully saturated rings. The maximum Gasteiger partial charge on any atom is 0.410 e. The van der Waals surface area contributed by atoms with Gasteiger partial charge >= 0.3 is 12.1 Å². The van der Waals surface area contributed by atoms with Crippen molar-refractivity contribution < 1.29 is 19.1 Å². The lowest BCUT2D eigenvalue weighted by Gasteiger charge is -2.41. The number of para-hydroxylation sites is 1. The summed E-state index contributed by atoms with van der Waals surface area (Å²) in [5.74, 6) is -0.173. The number of amides is 4. The van der Waals surface area contributed by atoms with Crippen LogP contribution in [0.3, 0.4) is 0 Å². The third-order valence-electron chi connectivity index (χ3n) is 10.8. The highest BCUT2D eigenvalue weighted by Gasteiger charge is 2.36. The van der Waals surface area contributed by atoms with Gasteiger partial charge in [-0.25, -0.2) is 9.59 Å². The van der Waals surface area contributed by atoms with E-state index >= 15 is 0 Å². The molecular weight excluding hydrogens is 622 g/mol. The number of ether oxygens (including phenoxy) is 1. The molecule has 0 saturated carbocycles. The number of urea groups is 1. The van der Waals surface area contributed by atoms with E-state index in [1.54, 1.807) is 11.0 Å². The van der Waals surface area contributed by atoms with Gasteiger partial charge < -0.3 is 35.1 Å². The van der Waals surface area contributed by atoms with Crippen LogP contribution in [0.5, 0.6) is 0 Å². The van der Waals surface area contributed by atoms with Crippen LogP contribution in [0.4, 0.5) is 15.3 Å². The topological polar surface area (TPSA) is 130 Å². The maximum atomic E-state index is 14.1. The molecule has 1 aromatic heterocycles. The summed E-state index contributed by atoms with van der Waals surface area (Å²) >= 11 is 0. The molecule has 4 aliphatic rings. The molecule has 260 valence electrons. The summed E-state index contributed by atoms with van der Waals surface area (Å²) in [6.07, 6.45) is 3.04. The molecule has 5 heterocycles. The maximum absolute atomic E-state index is 14.1. The van der Waals surface area contributed by atoms with E-state index in [0.717, 1.165) is 78.7 Å². The number of piperazine rings is 1. The third kappa shape index (κ3) is 7.45. The predicted molar refractivity (Wildman–Crippen MR) is 188 cm³/mol. The summed E-state index contributed by atoms with van der Waals surface area (Å²) in [5, 5.41) is 7.35. The molecule has 12 nitrogen and oxygen atoms in total. The Morgan fingerprint density at radius 3 is 2.39 bits per heavy atom. The van der Waals surface area contributed by atoms with E-state index in [4.69, 9.17) is 4.74 Å². The molecule has 0 aliphatic carbocycles. The number of likely N-dealkylation sites (tertiary alicyclic amines) is 1. The van der Waals surface area contributed by atoms with Crippen molar-refractivity contribution >= 4 is 34.6 Å². The van der Waals surface area contributed by atoms with E-state index in [1.807, 2.05) is 53.1 Å². The van der Waals surface area contributed by atoms with Crippen LogP contribution in [-0.4, -0.2) is 120 Å². The minimum atomic E-state index is -0.981. The fourth-order valence-corrected chi connectivity index (χ4v) is 8.01. The molecule has 7 rings (SSSR count). The van der Waals surface area contributed by atoms with Crippen molar-refractivity contribution in [2.75, 3.05) is 64.2 Å². The van der Waals surface area contributed by atoms with E-state index < -0.39 is 12.2 Å². The number of rotatable bonds is 6. The number of aromatic amines is 1. The SMILES string of the molecule is Cc1cc(CC(OC(=O)N2CCC(N3CCc4ccccc4NC3=O)CC2)C(=O)N2CCN(C3CCNCC3)CC2)cc2ccc(=O)[nH]c12. The number of fused-ring (bicyclic) bond motifs is 2. The molecule has 4 amide bonds. The quantitative estimate of drug-likeness (QED) is 0.367. The number of anilines is 1. The largest absolute Gasteiger partial charge is 0.436 e. The summed E-state index contributed by atoms with van der Waals surface area (Å²) in [7, 11) is 0. The number of nitrogens with one attached hydrogen (secondary N) is 3. The Hall–Kier alpha value is -4.42. The smallest absolute Gasteiger partial charge is 0.410 e. The fourth-order valence-electron chi connectivity index (χ4n) is 8.01. The Kier molecular flexibility index (Phi) is 9.86. The lowest BCUT2D eigenvalue weighted by Crippen LogP contribution is -2.56. The number of nitrogens with zero attached hydrogens (tertiary/aromatic N) is 4. The van der Waals surface area contributed by atoms with Gasteiger partial charge in [0.05, 0.1) is 5.52 Å². The lowest BCUT2D eigenvalue weighted by atomic mass is 10.0. The lowest BCUT2D eigenvalue weighted by molar-refractivity contribution is -0.143. The molecule has 49 heavy (non-hydrogen) atoms. The summed E-state index contributed by atoms with van der Waals surface area (Å²) in [6, 6.07) is 15.5. The summed E-state index contributed by atoms with van der Waals surface area (Å²) in [4.78, 5) is 63.7. The molecule has 4 aliphatic heterocycles. The molecule has 0 radical (unpaired) electrons. The average Bonchev–Trinajstić information content (AvgIpc) is 3.30. The van der Waals surface area contributed by atoms with Gasteiger partial charge in [0.25, 0.3) is 5.91 Å². The minimum Gasteiger partial charge on any atom is -0.436 e. The zero-order chi connectivity index (χ0) is 33.9. The zero-order valence-electron chi connectivity index (χ0n) is 28.3. The Balaban J connectivity index is 1.02. The van der Waals surface area contributed by atoms with E-state index in [2.05, 4.69) is 20.5 Å². The van der Waals surface area contributed by atoms with Gasteiger partial charge in [0.1, 0.15) is 0 Å². The standard InChI is InChI=1S/C37H47N7O5/c1-25-22-26(23-28-6-7-33(45)40-34(25)28)24-32(35(46)42-20-18-41(19-21-42)29-8-13-38-14-9-29)49-37(48)43-15-11-30(12-16-43)44-17-10-27-4-2-3-5-31(27)39-36(44)47/h2-7,22-23,29-30,32,38H,8-21,24H2,1H3,(H,39,47)(H,40,45). The molecule has 3 aromatic rings. The van der Waals surface area contributed by atoms with Crippen molar-refractivity contribution in [3.63, 3.8) is 0 Å². The molecular formula is C37H47N7O5. The van der Waals surface area contributed by atoms with Gasteiger partial charge in [-0.2, -0.15) is 0 Å². The van der Waals surface area contributed by atoms with Gasteiger partial charge in [0, 0.05) is 76.1 Å². The Labute approximate surface area is 286 Å². The first-order valence-electron chi connectivity index (χ1n) is 17.8. The summed E-state index contributed by atoms with van der Waals surface area (Å²) < 4.78 is 6.11. The number of hydrogen-bond donors (Lipinski definition) is 3. The molecule has 12 heteroatoms. The zero-order valence-corrected chi connectivity index (χ0v) is 28.3. The van der Waals surface area contributed by atoms with Crippen LogP contribution in [0.1, 0.15) is 42.4 Å². The number of piperidine rings is 2. The highest BCUT2D eigenvalue weighted by Crippen LogP contribution is 2.26. The monoisotopic (exact) mass is 669 g/mol. The second kappa shape index (κ2) is 14.6. The van der Waals surface area contributed by atoms with Gasteiger partial charge in [0.2, 0.25) is 5.56 Å². The Morgan fingerprint density at radius 2 is 1.61 bits per heavy atom. The predicted octanol–water partition coefficient (Wildman–Crippen LogP) is 3.34. The molecule has 3 N–H and O–H groups in total. The van der Waals surface area contributed by atoms with Crippen molar-refractivity contribution in [1.29, 1.82) is 0 Å². The van der Waals surface area contributed by atoms with Crippen LogP contribution in [0.25, 0.3) is 10.9 Å². The van der Waals surface area contributed by atoms with E-state index in [1.165, 1.54) is 6.07 Å². The number of aromatic nitrogens is 1. The van der Waals surface area contributed by atoms with Crippen LogP contribution < -0.4 is 16.2 Å². The number of benzene rings is 2. The van der Waals surface area contributed by atoms with E-state index in [-0.39, 0.29) is 30.0 Å². The van der Waals surface area contributed by atoms with Crippen molar-refractivity contribution in [3.05, 3.63) is 75.6 Å². The molecule has 1 unspecified atom stereocenters. The number of hydrogen-bond acceptors (Lipinski definition) is 7. The normalized spacial score (nSPS) is 20.4. The average molecular weight is 670 g/mol. The third-order valence-corrected chi connectivity index (χ3v) is 10.8. The number of aryl methyl sites for hydroxylation is 1. The fraction of sp³-hybridized carbons (Fsp3) is 0.514. The molecule has 2 aromatic carbocycles. The molecule has 0 spiro atoms. The van der Waals surface area contributed by atoms with Crippen molar-refractivity contribution in [2.45, 2.75) is 63.6 Å². The number of pyridine rings is 1. The highest BCUT2D eigenvalue weighted by molar-refractivity contribution is 5.91. The van der Waals surface area contributed by atoms with Crippen LogP contribution in [-0.2, 0) is 22.4 Å². The van der Waals surface area contributed by atoms with Crippen LogP contribution in [0, 0.1) is 6.92 Å². The number of H-pyrrole nitrogens is 1. The van der Waals surface area contributed by atoms with Gasteiger partial charge in [0.15, 0.2) is 6.10 Å². The van der Waals surface area contributed by atoms with Crippen molar-refractivity contribution in [2.24, 2.45) is 0 Å². The van der Waals surface area contributed by atoms with Crippen LogP contribution in [0.2, 0.25) is 0 Å². The Morgan fingerprint density at radius 1 is 0.857 bits per heavy atom. The van der Waals surface area contributed by atoms with Crippen LogP contribution >= 0.6 is 0 Å². The van der Waals surface area contributed by atoms with Gasteiger partial charge in [-0.1, -0.05) is 24.3 Å². The van der Waals surface area contributed by atoms with Gasteiger partial charge in [-0.15, -0.1) is 0 Å². The van der Waals surface area contributed by atoms with Gasteiger partial charge in [-0.05, 0) is 92.4 Å². The molecule has 1 atom stereocenters. The first-order valence-corrected chi connectivity index (χ1v) is 17.8. The number of carbonyl (C=O) groups excluding carboxylic acids is 3. The van der Waals surface area contributed by atoms with Crippen LogP contribution in [0.15, 0.2) is 53.3 Å². The van der Waals surface area contributed by atoms with E-state index in [9.17, 15) is 19.2 Å². The Bertz CT molecular complexity index is 1740. The summed E-state index contributed by atoms with van der Waals surface area (Å²) in [6.45, 7) is 8.30. The second-order valence-electron chi connectivity index (χ2n) is 13.9. The summed E-state index contributed by atoms with van der Waals surface area (Å²) in [5.41, 5.74) is 4.32. The minimum absolute atomic E-state index is 0.0130. The molecule has 0 bridgehead atoms. The first kappa shape index (κ1) is 33.1. The first-order chi connectivity index (χ1) is 23.8. The van der Waals surface area contributed by atoms with Gasteiger partial charge in [-0.3, -0.25) is 14.5 Å². The van der Waals surface area contributed by atoms with Crippen molar-refractivity contribution in [3.8, 4) is 0 Å². The highest BCUT2D eigenvalue weighted by atomic mass is 16.6.